The molecular formula is C29H27Cl2N5O3S2. The van der Waals surface area contributed by atoms with Gasteiger partial charge in [0.05, 0.1) is 34.6 Å². The molecule has 6 rings (SSSR count). The zero-order valence-corrected chi connectivity index (χ0v) is 25.5. The van der Waals surface area contributed by atoms with Crippen LogP contribution in [0.25, 0.3) is 16.0 Å². The molecule has 1 atom stereocenters. The van der Waals surface area contributed by atoms with Crippen molar-refractivity contribution in [3.05, 3.63) is 84.9 Å². The van der Waals surface area contributed by atoms with Crippen molar-refractivity contribution in [1.82, 2.24) is 19.2 Å². The number of thioether (sulfide) groups is 1. The van der Waals surface area contributed by atoms with Crippen LogP contribution < -0.4 is 10.9 Å². The smallest absolute Gasteiger partial charge is 0.263 e. The lowest BCUT2D eigenvalue weighted by atomic mass is 9.96. The number of ether oxygens (including phenoxy) is 1. The van der Waals surface area contributed by atoms with Crippen molar-refractivity contribution in [2.75, 3.05) is 11.1 Å². The third kappa shape index (κ3) is 5.63. The fraction of sp³-hybridized carbons (Fsp3) is 0.310. The van der Waals surface area contributed by atoms with E-state index in [2.05, 4.69) is 41.5 Å². The van der Waals surface area contributed by atoms with Crippen molar-refractivity contribution < 1.29 is 9.53 Å². The molecule has 0 fully saturated rings. The molecule has 0 saturated heterocycles. The van der Waals surface area contributed by atoms with Gasteiger partial charge >= 0.3 is 0 Å². The number of aryl methyl sites for hydroxylation is 2. The number of thiophene rings is 1. The van der Waals surface area contributed by atoms with Crippen molar-refractivity contribution in [2.45, 2.75) is 51.1 Å². The third-order valence-electron chi connectivity index (χ3n) is 7.17. The number of hydrogen-bond acceptors (Lipinski definition) is 7. The van der Waals surface area contributed by atoms with Gasteiger partial charge in [0.25, 0.3) is 5.56 Å². The van der Waals surface area contributed by atoms with Crippen molar-refractivity contribution in [2.24, 2.45) is 5.92 Å². The first-order chi connectivity index (χ1) is 19.8. The number of nitrogens with zero attached hydrogens (tertiary/aromatic N) is 4. The van der Waals surface area contributed by atoms with Crippen LogP contribution in [0.2, 0.25) is 10.0 Å². The average molecular weight is 629 g/mol. The van der Waals surface area contributed by atoms with Gasteiger partial charge in [0, 0.05) is 22.9 Å². The van der Waals surface area contributed by atoms with Gasteiger partial charge in [-0.15, -0.1) is 21.5 Å². The van der Waals surface area contributed by atoms with Crippen LogP contribution in [0.4, 0.5) is 5.69 Å². The standard InChI is InChI=1S/C29H27Cl2N5O3S2/c1-16(2)22-13-19-23(14-39-22)41-27-25(19)26(38)35(11-10-17-6-4-3-5-7-17)28-33-34-29(36(27)28)40-15-24(37)32-21-9-8-18(30)12-20(21)31/h3-9,12,16,22H,10-11,13-15H2,1-2H3,(H,32,37)/t22-/m0/s1. The van der Waals surface area contributed by atoms with E-state index in [1.165, 1.54) is 11.8 Å². The van der Waals surface area contributed by atoms with Gasteiger partial charge in [0.2, 0.25) is 11.7 Å². The third-order valence-corrected chi connectivity index (χ3v) is 9.84. The first kappa shape index (κ1) is 28.2. The number of halogens is 2. The summed E-state index contributed by atoms with van der Waals surface area (Å²) in [6, 6.07) is 15.0. The Morgan fingerprint density at radius 1 is 1.20 bits per heavy atom. The molecule has 5 aromatic rings. The SMILES string of the molecule is CC(C)[C@@H]1Cc2c(sc3c2c(=O)n(CCc2ccccc2)c2nnc(SCC(=O)Nc4ccc(Cl)cc4Cl)n32)CO1. The second kappa shape index (κ2) is 11.8. The molecule has 1 amide bonds. The molecule has 2 aromatic carbocycles. The molecule has 0 aliphatic carbocycles. The molecular weight excluding hydrogens is 601 g/mol. The van der Waals surface area contributed by atoms with Crippen LogP contribution in [0.3, 0.4) is 0 Å². The fourth-order valence-corrected chi connectivity index (χ4v) is 7.50. The topological polar surface area (TPSA) is 90.5 Å². The minimum absolute atomic E-state index is 0.0475. The number of hydrogen-bond donors (Lipinski definition) is 1. The number of carbonyl (C=O) groups excluding carboxylic acids is 1. The number of benzene rings is 2. The summed E-state index contributed by atoms with van der Waals surface area (Å²) in [5, 5.41) is 13.8. The zero-order chi connectivity index (χ0) is 28.7. The Kier molecular flexibility index (Phi) is 8.11. The zero-order valence-electron chi connectivity index (χ0n) is 22.4. The highest BCUT2D eigenvalue weighted by molar-refractivity contribution is 7.99. The molecule has 0 unspecified atom stereocenters. The van der Waals surface area contributed by atoms with Crippen LogP contribution in [0.5, 0.6) is 0 Å². The van der Waals surface area contributed by atoms with Gasteiger partial charge in [-0.05, 0) is 41.7 Å². The predicted molar refractivity (Wildman–Crippen MR) is 166 cm³/mol. The Bertz CT molecular complexity index is 1820. The summed E-state index contributed by atoms with van der Waals surface area (Å²) in [6.07, 6.45) is 1.40. The lowest BCUT2D eigenvalue weighted by Crippen LogP contribution is -2.29. The number of carbonyl (C=O) groups is 1. The van der Waals surface area contributed by atoms with E-state index in [4.69, 9.17) is 27.9 Å². The fourth-order valence-electron chi connectivity index (χ4n) is 5.01. The Hall–Kier alpha value is -2.89. The number of fused-ring (bicyclic) bond motifs is 5. The Balaban J connectivity index is 1.38. The maximum atomic E-state index is 14.1. The first-order valence-electron chi connectivity index (χ1n) is 13.3. The molecule has 0 saturated carbocycles. The summed E-state index contributed by atoms with van der Waals surface area (Å²) < 4.78 is 9.77. The average Bonchev–Trinajstić information content (AvgIpc) is 3.55. The second-order valence-electron chi connectivity index (χ2n) is 10.3. The molecule has 8 nitrogen and oxygen atoms in total. The summed E-state index contributed by atoms with van der Waals surface area (Å²) in [7, 11) is 0. The number of nitrogens with one attached hydrogen (secondary N) is 1. The van der Waals surface area contributed by atoms with Gasteiger partial charge in [0.1, 0.15) is 4.83 Å². The lowest BCUT2D eigenvalue weighted by molar-refractivity contribution is -0.113. The van der Waals surface area contributed by atoms with Crippen molar-refractivity contribution in [3.8, 4) is 0 Å². The van der Waals surface area contributed by atoms with E-state index in [0.29, 0.717) is 64.0 Å². The maximum absolute atomic E-state index is 14.1. The van der Waals surface area contributed by atoms with E-state index >= 15 is 0 Å². The summed E-state index contributed by atoms with van der Waals surface area (Å²) in [5.74, 6) is 0.620. The van der Waals surface area contributed by atoms with Gasteiger partial charge in [0.15, 0.2) is 5.16 Å². The highest BCUT2D eigenvalue weighted by Crippen LogP contribution is 2.37. The number of amides is 1. The summed E-state index contributed by atoms with van der Waals surface area (Å²) in [4.78, 5) is 28.7. The van der Waals surface area contributed by atoms with Gasteiger partial charge in [-0.1, -0.05) is 79.1 Å². The summed E-state index contributed by atoms with van der Waals surface area (Å²) in [6.45, 7) is 5.20. The molecule has 0 bridgehead atoms. The van der Waals surface area contributed by atoms with Gasteiger partial charge in [-0.2, -0.15) is 0 Å². The summed E-state index contributed by atoms with van der Waals surface area (Å²) in [5.41, 5.74) is 2.60. The van der Waals surface area contributed by atoms with Crippen LogP contribution >= 0.6 is 46.3 Å². The molecule has 1 N–H and O–H groups in total. The van der Waals surface area contributed by atoms with Crippen LogP contribution in [0, 0.1) is 5.92 Å². The molecule has 0 radical (unpaired) electrons. The van der Waals surface area contributed by atoms with Gasteiger partial charge < -0.3 is 10.1 Å². The molecule has 4 heterocycles. The van der Waals surface area contributed by atoms with Crippen molar-refractivity contribution in [3.63, 3.8) is 0 Å². The molecule has 41 heavy (non-hydrogen) atoms. The monoisotopic (exact) mass is 627 g/mol. The van der Waals surface area contributed by atoms with E-state index in [1.807, 2.05) is 22.6 Å². The number of anilines is 1. The summed E-state index contributed by atoms with van der Waals surface area (Å²) >= 11 is 15.0. The molecule has 1 aliphatic rings. The second-order valence-corrected chi connectivity index (χ2v) is 13.1. The number of aromatic nitrogens is 4. The van der Waals surface area contributed by atoms with Crippen LogP contribution in [-0.4, -0.2) is 36.9 Å². The van der Waals surface area contributed by atoms with E-state index in [-0.39, 0.29) is 23.3 Å². The maximum Gasteiger partial charge on any atom is 0.263 e. The van der Waals surface area contributed by atoms with Gasteiger partial charge in [-0.25, -0.2) is 4.40 Å². The van der Waals surface area contributed by atoms with E-state index in [1.54, 1.807) is 34.1 Å². The van der Waals surface area contributed by atoms with Crippen LogP contribution in [0.1, 0.15) is 29.9 Å². The molecule has 0 spiro atoms. The van der Waals surface area contributed by atoms with Crippen LogP contribution in [0.15, 0.2) is 58.5 Å². The molecule has 3 aromatic heterocycles. The molecule has 1 aliphatic heterocycles. The van der Waals surface area contributed by atoms with Crippen molar-refractivity contribution in [1.29, 1.82) is 0 Å². The number of rotatable bonds is 8. The van der Waals surface area contributed by atoms with E-state index in [0.717, 1.165) is 20.8 Å². The highest BCUT2D eigenvalue weighted by Gasteiger charge is 2.30. The van der Waals surface area contributed by atoms with Gasteiger partial charge in [-0.3, -0.25) is 14.2 Å². The Labute approximate surface area is 254 Å². The lowest BCUT2D eigenvalue weighted by Gasteiger charge is -2.26. The molecule has 212 valence electrons. The largest absolute Gasteiger partial charge is 0.372 e. The molecule has 12 heteroatoms. The highest BCUT2D eigenvalue weighted by atomic mass is 35.5. The normalized spacial score (nSPS) is 15.1. The Morgan fingerprint density at radius 3 is 2.76 bits per heavy atom. The quantitative estimate of drug-likeness (QED) is 0.198. The Morgan fingerprint density at radius 2 is 2.00 bits per heavy atom. The first-order valence-corrected chi connectivity index (χ1v) is 15.8. The minimum Gasteiger partial charge on any atom is -0.372 e. The van der Waals surface area contributed by atoms with Crippen LogP contribution in [-0.2, 0) is 35.5 Å². The van der Waals surface area contributed by atoms with Crippen molar-refractivity contribution >= 4 is 73.9 Å². The predicted octanol–water partition coefficient (Wildman–Crippen LogP) is 6.48. The minimum atomic E-state index is -0.247. The van der Waals surface area contributed by atoms with E-state index < -0.39 is 0 Å². The van der Waals surface area contributed by atoms with E-state index in [9.17, 15) is 9.59 Å².